The molecule has 5 heteroatoms. The fraction of sp³-hybridized carbons (Fsp3) is 0.308. The van der Waals surface area contributed by atoms with Crippen molar-refractivity contribution in [2.45, 2.75) is 25.9 Å². The number of nitrogens with zero attached hydrogens (tertiary/aromatic N) is 2. The van der Waals surface area contributed by atoms with E-state index in [1.54, 1.807) is 6.07 Å². The van der Waals surface area contributed by atoms with Gasteiger partial charge in [0, 0.05) is 5.39 Å². The van der Waals surface area contributed by atoms with Gasteiger partial charge in [0.1, 0.15) is 11.3 Å². The van der Waals surface area contributed by atoms with Gasteiger partial charge in [0.15, 0.2) is 0 Å². The third-order valence-electron chi connectivity index (χ3n) is 2.84. The molecule has 2 aromatic rings. The molecule has 0 radical (unpaired) electrons. The molecule has 0 spiro atoms. The molecule has 1 aliphatic rings. The van der Waals surface area contributed by atoms with Crippen LogP contribution in [0.15, 0.2) is 18.2 Å². The molecule has 0 saturated heterocycles. The number of hydrogen-bond acceptors (Lipinski definition) is 4. The number of benzene rings is 1. The predicted molar refractivity (Wildman–Crippen MR) is 64.9 cm³/mol. The molecule has 0 aliphatic heterocycles. The third kappa shape index (κ3) is 1.99. The molecule has 1 saturated carbocycles. The van der Waals surface area contributed by atoms with Crippen molar-refractivity contribution in [1.29, 1.82) is 0 Å². The molecule has 1 heterocycles. The van der Waals surface area contributed by atoms with Gasteiger partial charge in [-0.05, 0) is 38.0 Å². The molecule has 1 aliphatic carbocycles. The normalized spacial score (nSPS) is 14.7. The number of carbonyl (C=O) groups is 1. The van der Waals surface area contributed by atoms with Crippen molar-refractivity contribution >= 4 is 16.9 Å². The predicted octanol–water partition coefficient (Wildman–Crippen LogP) is 2.18. The summed E-state index contributed by atoms with van der Waals surface area (Å²) in [7, 11) is 0. The van der Waals surface area contributed by atoms with Crippen molar-refractivity contribution in [2.24, 2.45) is 0 Å². The van der Waals surface area contributed by atoms with Crippen LogP contribution in [0.4, 0.5) is 0 Å². The van der Waals surface area contributed by atoms with E-state index < -0.39 is 5.97 Å². The topological polar surface area (TPSA) is 72.3 Å². The smallest absolute Gasteiger partial charge is 0.335 e. The molecule has 1 N–H and O–H groups in total. The molecule has 0 bridgehead atoms. The standard InChI is InChI=1S/C13H12N2O3/c1-7-4-8-5-9(13(16)17)6-11(12(8)15-14-7)18-10-2-3-10/h4-6,10H,2-3H2,1H3,(H,16,17). The Labute approximate surface area is 103 Å². The fourth-order valence-corrected chi connectivity index (χ4v) is 1.81. The second kappa shape index (κ2) is 3.94. The van der Waals surface area contributed by atoms with Gasteiger partial charge >= 0.3 is 5.97 Å². The summed E-state index contributed by atoms with van der Waals surface area (Å²) >= 11 is 0. The number of hydrogen-bond donors (Lipinski definition) is 1. The number of fused-ring (bicyclic) bond motifs is 1. The lowest BCUT2D eigenvalue weighted by Crippen LogP contribution is -2.03. The van der Waals surface area contributed by atoms with Gasteiger partial charge in [-0.3, -0.25) is 0 Å². The second-order valence-corrected chi connectivity index (χ2v) is 4.52. The Morgan fingerprint density at radius 1 is 1.33 bits per heavy atom. The number of carboxylic acid groups (broad SMARTS) is 1. The minimum atomic E-state index is -0.966. The zero-order chi connectivity index (χ0) is 12.7. The van der Waals surface area contributed by atoms with Crippen LogP contribution >= 0.6 is 0 Å². The number of ether oxygens (including phenoxy) is 1. The average molecular weight is 244 g/mol. The molecule has 0 amide bonds. The van der Waals surface area contributed by atoms with Crippen LogP contribution in [0.1, 0.15) is 28.9 Å². The van der Waals surface area contributed by atoms with E-state index in [1.807, 2.05) is 13.0 Å². The van der Waals surface area contributed by atoms with Gasteiger partial charge in [-0.2, -0.15) is 5.10 Å². The molecule has 1 fully saturated rings. The van der Waals surface area contributed by atoms with Crippen molar-refractivity contribution in [3.05, 3.63) is 29.5 Å². The summed E-state index contributed by atoms with van der Waals surface area (Å²) in [5, 5.41) is 17.9. The van der Waals surface area contributed by atoms with Gasteiger partial charge in [-0.25, -0.2) is 4.79 Å². The number of rotatable bonds is 3. The highest BCUT2D eigenvalue weighted by Gasteiger charge is 2.25. The molecular formula is C13H12N2O3. The average Bonchev–Trinajstić information content (AvgIpc) is 3.12. The molecular weight excluding hydrogens is 232 g/mol. The molecule has 3 rings (SSSR count). The molecule has 5 nitrogen and oxygen atoms in total. The maximum Gasteiger partial charge on any atom is 0.335 e. The van der Waals surface area contributed by atoms with Crippen LogP contribution in [0.5, 0.6) is 5.75 Å². The summed E-state index contributed by atoms with van der Waals surface area (Å²) < 4.78 is 5.70. The summed E-state index contributed by atoms with van der Waals surface area (Å²) in [6, 6.07) is 4.93. The van der Waals surface area contributed by atoms with Gasteiger partial charge in [0.2, 0.25) is 0 Å². The quantitative estimate of drug-likeness (QED) is 0.895. The monoisotopic (exact) mass is 244 g/mol. The zero-order valence-corrected chi connectivity index (χ0v) is 9.88. The number of aromatic carboxylic acids is 1. The van der Waals surface area contributed by atoms with Crippen LogP contribution in [0.2, 0.25) is 0 Å². The van der Waals surface area contributed by atoms with E-state index in [1.165, 1.54) is 6.07 Å². The lowest BCUT2D eigenvalue weighted by Gasteiger charge is -2.09. The highest BCUT2D eigenvalue weighted by atomic mass is 16.5. The lowest BCUT2D eigenvalue weighted by atomic mass is 10.1. The molecule has 1 aromatic carbocycles. The Balaban J connectivity index is 2.19. The third-order valence-corrected chi connectivity index (χ3v) is 2.84. The first-order valence-electron chi connectivity index (χ1n) is 5.81. The van der Waals surface area contributed by atoms with Gasteiger partial charge in [0.05, 0.1) is 17.4 Å². The van der Waals surface area contributed by atoms with Crippen molar-refractivity contribution in [3.63, 3.8) is 0 Å². The SMILES string of the molecule is Cc1cc2cc(C(=O)O)cc(OC3CC3)c2nn1. The van der Waals surface area contributed by atoms with Crippen molar-refractivity contribution in [3.8, 4) is 5.75 Å². The molecule has 18 heavy (non-hydrogen) atoms. The van der Waals surface area contributed by atoms with E-state index in [0.29, 0.717) is 11.3 Å². The highest BCUT2D eigenvalue weighted by Crippen LogP contribution is 2.32. The molecule has 92 valence electrons. The van der Waals surface area contributed by atoms with Crippen LogP contribution in [0, 0.1) is 6.92 Å². The summed E-state index contributed by atoms with van der Waals surface area (Å²) in [5.41, 5.74) is 1.59. The Bertz CT molecular complexity index is 635. The Kier molecular flexibility index (Phi) is 2.40. The van der Waals surface area contributed by atoms with Gasteiger partial charge < -0.3 is 9.84 Å². The minimum Gasteiger partial charge on any atom is -0.488 e. The summed E-state index contributed by atoms with van der Waals surface area (Å²) in [4.78, 5) is 11.1. The highest BCUT2D eigenvalue weighted by molar-refractivity contribution is 5.96. The molecule has 0 unspecified atom stereocenters. The number of aromatic nitrogens is 2. The minimum absolute atomic E-state index is 0.195. The number of aryl methyl sites for hydroxylation is 1. The van der Waals surface area contributed by atoms with Crippen LogP contribution < -0.4 is 4.74 Å². The largest absolute Gasteiger partial charge is 0.488 e. The van der Waals surface area contributed by atoms with Crippen LogP contribution in [0.3, 0.4) is 0 Å². The van der Waals surface area contributed by atoms with Crippen LogP contribution in [0.25, 0.3) is 10.9 Å². The Morgan fingerprint density at radius 2 is 2.11 bits per heavy atom. The van der Waals surface area contributed by atoms with E-state index in [0.717, 1.165) is 23.9 Å². The van der Waals surface area contributed by atoms with Crippen LogP contribution in [-0.2, 0) is 0 Å². The van der Waals surface area contributed by atoms with Crippen LogP contribution in [-0.4, -0.2) is 27.4 Å². The summed E-state index contributed by atoms with van der Waals surface area (Å²) in [5.74, 6) is -0.452. The summed E-state index contributed by atoms with van der Waals surface area (Å²) in [6.07, 6.45) is 2.22. The van der Waals surface area contributed by atoms with Gasteiger partial charge in [0.25, 0.3) is 0 Å². The summed E-state index contributed by atoms with van der Waals surface area (Å²) in [6.45, 7) is 1.82. The van der Waals surface area contributed by atoms with E-state index in [9.17, 15) is 4.79 Å². The zero-order valence-electron chi connectivity index (χ0n) is 9.88. The maximum atomic E-state index is 11.1. The lowest BCUT2D eigenvalue weighted by molar-refractivity contribution is 0.0696. The van der Waals surface area contributed by atoms with E-state index in [-0.39, 0.29) is 11.7 Å². The van der Waals surface area contributed by atoms with Gasteiger partial charge in [-0.1, -0.05) is 0 Å². The Hall–Kier alpha value is -2.17. The van der Waals surface area contributed by atoms with Gasteiger partial charge in [-0.15, -0.1) is 5.10 Å². The van der Waals surface area contributed by atoms with Crippen molar-refractivity contribution < 1.29 is 14.6 Å². The Morgan fingerprint density at radius 3 is 2.78 bits per heavy atom. The van der Waals surface area contributed by atoms with E-state index >= 15 is 0 Å². The van der Waals surface area contributed by atoms with E-state index in [4.69, 9.17) is 9.84 Å². The first-order valence-corrected chi connectivity index (χ1v) is 5.81. The molecule has 0 atom stereocenters. The second-order valence-electron chi connectivity index (χ2n) is 4.52. The van der Waals surface area contributed by atoms with Crippen molar-refractivity contribution in [1.82, 2.24) is 10.2 Å². The fourth-order valence-electron chi connectivity index (χ4n) is 1.81. The molecule has 1 aromatic heterocycles. The first-order chi connectivity index (χ1) is 8.63. The maximum absolute atomic E-state index is 11.1. The first kappa shape index (κ1) is 11.0. The van der Waals surface area contributed by atoms with Crippen molar-refractivity contribution in [2.75, 3.05) is 0 Å². The number of carboxylic acids is 1. The van der Waals surface area contributed by atoms with E-state index in [2.05, 4.69) is 10.2 Å².